The average Bonchev–Trinajstić information content (AvgIpc) is 2.76. The van der Waals surface area contributed by atoms with Gasteiger partial charge < -0.3 is 14.9 Å². The molecule has 0 aromatic carbocycles. The lowest BCUT2D eigenvalue weighted by Crippen LogP contribution is -2.40. The van der Waals surface area contributed by atoms with Crippen LogP contribution in [-0.2, 0) is 9.53 Å². The molecule has 0 aromatic heterocycles. The summed E-state index contributed by atoms with van der Waals surface area (Å²) in [5.74, 6) is -0.484. The smallest absolute Gasteiger partial charge is 0.335 e. The van der Waals surface area contributed by atoms with Crippen molar-refractivity contribution >= 4 is 5.97 Å². The molecule has 2 fully saturated rings. The van der Waals surface area contributed by atoms with Gasteiger partial charge in [-0.15, -0.1) is 0 Å². The molecule has 0 aromatic rings. The molecule has 17 heavy (non-hydrogen) atoms. The molecule has 2 aliphatic rings. The van der Waals surface area contributed by atoms with Crippen LogP contribution in [0.4, 0.5) is 0 Å². The first-order valence-electron chi connectivity index (χ1n) is 6.68. The third-order valence-corrected chi connectivity index (χ3v) is 4.15. The number of hydrogen-bond donors (Lipinski definition) is 2. The molecule has 0 bridgehead atoms. The molecule has 4 heteroatoms. The minimum absolute atomic E-state index is 0.221. The second-order valence-electron chi connectivity index (χ2n) is 5.50. The van der Waals surface area contributed by atoms with Gasteiger partial charge in [0.15, 0.2) is 5.60 Å². The minimum Gasteiger partial charge on any atom is -0.479 e. The molecule has 2 N–H and O–H groups in total. The summed E-state index contributed by atoms with van der Waals surface area (Å²) in [6, 6.07) is 0. The third-order valence-electron chi connectivity index (χ3n) is 4.15. The van der Waals surface area contributed by atoms with E-state index in [0.717, 1.165) is 38.5 Å². The molecular weight excluding hydrogens is 220 g/mol. The van der Waals surface area contributed by atoms with Crippen molar-refractivity contribution in [2.45, 2.75) is 63.1 Å². The van der Waals surface area contributed by atoms with Crippen molar-refractivity contribution in [3.63, 3.8) is 0 Å². The summed E-state index contributed by atoms with van der Waals surface area (Å²) in [6.45, 7) is 0.489. The van der Waals surface area contributed by atoms with E-state index in [-0.39, 0.29) is 6.10 Å². The van der Waals surface area contributed by atoms with Gasteiger partial charge >= 0.3 is 5.97 Å². The van der Waals surface area contributed by atoms with Gasteiger partial charge in [0.05, 0.1) is 12.7 Å². The Labute approximate surface area is 102 Å². The Morgan fingerprint density at radius 1 is 1.24 bits per heavy atom. The van der Waals surface area contributed by atoms with Gasteiger partial charge in [0.25, 0.3) is 0 Å². The molecule has 0 heterocycles. The number of carboxylic acid groups (broad SMARTS) is 1. The highest BCUT2D eigenvalue weighted by Crippen LogP contribution is 2.35. The van der Waals surface area contributed by atoms with Crippen molar-refractivity contribution in [2.75, 3.05) is 6.61 Å². The van der Waals surface area contributed by atoms with E-state index in [4.69, 9.17) is 4.74 Å². The van der Waals surface area contributed by atoms with Crippen molar-refractivity contribution < 1.29 is 19.7 Å². The van der Waals surface area contributed by atoms with E-state index < -0.39 is 11.6 Å². The van der Waals surface area contributed by atoms with Gasteiger partial charge in [0.1, 0.15) is 0 Å². The fourth-order valence-corrected chi connectivity index (χ4v) is 3.06. The Kier molecular flexibility index (Phi) is 4.05. The Balaban J connectivity index is 1.85. The van der Waals surface area contributed by atoms with Crippen LogP contribution in [-0.4, -0.2) is 34.5 Å². The van der Waals surface area contributed by atoms with Crippen molar-refractivity contribution in [3.8, 4) is 0 Å². The highest BCUT2D eigenvalue weighted by molar-refractivity contribution is 5.77. The number of carboxylic acids is 1. The lowest BCUT2D eigenvalue weighted by Gasteiger charge is -2.30. The zero-order valence-electron chi connectivity index (χ0n) is 10.2. The lowest BCUT2D eigenvalue weighted by atomic mass is 9.87. The van der Waals surface area contributed by atoms with Crippen molar-refractivity contribution in [1.29, 1.82) is 0 Å². The van der Waals surface area contributed by atoms with Gasteiger partial charge in [-0.05, 0) is 50.9 Å². The van der Waals surface area contributed by atoms with Gasteiger partial charge in [0.2, 0.25) is 0 Å². The van der Waals surface area contributed by atoms with E-state index in [2.05, 4.69) is 0 Å². The van der Waals surface area contributed by atoms with Crippen LogP contribution in [0.5, 0.6) is 0 Å². The molecule has 0 aliphatic heterocycles. The Morgan fingerprint density at radius 3 is 2.53 bits per heavy atom. The van der Waals surface area contributed by atoms with Crippen molar-refractivity contribution in [2.24, 2.45) is 5.92 Å². The second kappa shape index (κ2) is 5.36. The molecular formula is C13H22O4. The van der Waals surface area contributed by atoms with Crippen LogP contribution in [0, 0.1) is 5.92 Å². The van der Waals surface area contributed by atoms with Gasteiger partial charge in [-0.3, -0.25) is 0 Å². The fourth-order valence-electron chi connectivity index (χ4n) is 3.06. The molecule has 2 atom stereocenters. The molecule has 0 amide bonds. The molecule has 2 rings (SSSR count). The van der Waals surface area contributed by atoms with Crippen molar-refractivity contribution in [3.05, 3.63) is 0 Å². The minimum atomic E-state index is -0.928. The third kappa shape index (κ3) is 2.99. The number of aliphatic hydroxyl groups excluding tert-OH is 1. The summed E-state index contributed by atoms with van der Waals surface area (Å²) >= 11 is 0. The number of rotatable bonds is 4. The van der Waals surface area contributed by atoms with Crippen LogP contribution in [0.1, 0.15) is 51.4 Å². The van der Waals surface area contributed by atoms with Crippen LogP contribution >= 0.6 is 0 Å². The highest BCUT2D eigenvalue weighted by Gasteiger charge is 2.43. The molecule has 98 valence electrons. The second-order valence-corrected chi connectivity index (χ2v) is 5.50. The maximum absolute atomic E-state index is 11.3. The van der Waals surface area contributed by atoms with E-state index in [0.29, 0.717) is 25.4 Å². The van der Waals surface area contributed by atoms with Gasteiger partial charge in [0, 0.05) is 0 Å². The number of hydrogen-bond acceptors (Lipinski definition) is 3. The first-order chi connectivity index (χ1) is 8.12. The summed E-state index contributed by atoms with van der Waals surface area (Å²) in [4.78, 5) is 11.3. The molecule has 4 nitrogen and oxygen atoms in total. The summed E-state index contributed by atoms with van der Waals surface area (Å²) in [6.07, 6.45) is 6.65. The maximum atomic E-state index is 11.3. The Hall–Kier alpha value is -0.610. The van der Waals surface area contributed by atoms with E-state index in [9.17, 15) is 15.0 Å². The highest BCUT2D eigenvalue weighted by atomic mass is 16.5. The van der Waals surface area contributed by atoms with E-state index in [1.54, 1.807) is 0 Å². The topological polar surface area (TPSA) is 66.8 Å². The Morgan fingerprint density at radius 2 is 1.94 bits per heavy atom. The molecule has 0 radical (unpaired) electrons. The normalized spacial score (nSPS) is 32.5. The van der Waals surface area contributed by atoms with Gasteiger partial charge in [-0.1, -0.05) is 6.42 Å². The fraction of sp³-hybridized carbons (Fsp3) is 0.923. The number of carbonyl (C=O) groups is 1. The van der Waals surface area contributed by atoms with Crippen LogP contribution in [0.2, 0.25) is 0 Å². The van der Waals surface area contributed by atoms with Crippen LogP contribution in [0.3, 0.4) is 0 Å². The standard InChI is InChI=1S/C13H22O4/c14-11-5-3-4-10(8-11)9-17-13(12(15)16)6-1-2-7-13/h10-11,14H,1-9H2,(H,15,16)/t10-,11+/m1/s1. The molecule has 0 unspecified atom stereocenters. The van der Waals surface area contributed by atoms with Gasteiger partial charge in [-0.25, -0.2) is 4.79 Å². The van der Waals surface area contributed by atoms with Crippen LogP contribution < -0.4 is 0 Å². The van der Waals surface area contributed by atoms with Crippen molar-refractivity contribution in [1.82, 2.24) is 0 Å². The lowest BCUT2D eigenvalue weighted by molar-refractivity contribution is -0.167. The molecule has 2 aliphatic carbocycles. The first-order valence-corrected chi connectivity index (χ1v) is 6.68. The van der Waals surface area contributed by atoms with E-state index >= 15 is 0 Å². The monoisotopic (exact) mass is 242 g/mol. The number of ether oxygens (including phenoxy) is 1. The molecule has 0 saturated heterocycles. The average molecular weight is 242 g/mol. The van der Waals surface area contributed by atoms with E-state index in [1.807, 2.05) is 0 Å². The van der Waals surface area contributed by atoms with Crippen LogP contribution in [0.25, 0.3) is 0 Å². The maximum Gasteiger partial charge on any atom is 0.335 e. The predicted octanol–water partition coefficient (Wildman–Crippen LogP) is 1.95. The van der Waals surface area contributed by atoms with Gasteiger partial charge in [-0.2, -0.15) is 0 Å². The first kappa shape index (κ1) is 12.8. The van der Waals surface area contributed by atoms with Crippen LogP contribution in [0.15, 0.2) is 0 Å². The summed E-state index contributed by atoms with van der Waals surface area (Å²) in [5, 5.41) is 18.8. The number of aliphatic hydroxyl groups is 1. The SMILES string of the molecule is O=C(O)C1(OC[C@@H]2CCC[C@H](O)C2)CCCC1. The summed E-state index contributed by atoms with van der Waals surface area (Å²) < 4.78 is 5.73. The zero-order valence-corrected chi connectivity index (χ0v) is 10.2. The predicted molar refractivity (Wildman–Crippen MR) is 62.8 cm³/mol. The quantitative estimate of drug-likeness (QED) is 0.790. The largest absolute Gasteiger partial charge is 0.479 e. The molecule has 0 spiro atoms. The summed E-state index contributed by atoms with van der Waals surface area (Å²) in [7, 11) is 0. The number of aliphatic carboxylic acids is 1. The molecule has 2 saturated carbocycles. The van der Waals surface area contributed by atoms with E-state index in [1.165, 1.54) is 0 Å². The Bertz CT molecular complexity index is 271. The summed E-state index contributed by atoms with van der Waals surface area (Å²) in [5.41, 5.74) is -0.928. The zero-order chi connectivity index (χ0) is 12.3.